The normalized spacial score (nSPS) is 18.7. The summed E-state index contributed by atoms with van der Waals surface area (Å²) in [6.07, 6.45) is 3.30. The molecule has 1 atom stereocenters. The minimum Gasteiger partial charge on any atom is -0.464 e. The SMILES string of the molecule is COC(=O)c1coc(CN2CCC[C@H]2c2nc(C(C)C)no2)n1. The van der Waals surface area contributed by atoms with Crippen LogP contribution in [-0.4, -0.2) is 39.6 Å². The third-order valence-electron chi connectivity index (χ3n) is 3.91. The van der Waals surface area contributed by atoms with E-state index >= 15 is 0 Å². The molecule has 0 aliphatic carbocycles. The van der Waals surface area contributed by atoms with Gasteiger partial charge in [0.15, 0.2) is 11.5 Å². The third-order valence-corrected chi connectivity index (χ3v) is 3.91. The van der Waals surface area contributed by atoms with E-state index in [2.05, 4.69) is 24.8 Å². The molecule has 0 unspecified atom stereocenters. The number of ether oxygens (including phenoxy) is 1. The quantitative estimate of drug-likeness (QED) is 0.775. The van der Waals surface area contributed by atoms with E-state index in [9.17, 15) is 4.79 Å². The zero-order valence-corrected chi connectivity index (χ0v) is 13.5. The van der Waals surface area contributed by atoms with E-state index in [4.69, 9.17) is 8.94 Å². The van der Waals surface area contributed by atoms with Crippen LogP contribution >= 0.6 is 0 Å². The lowest BCUT2D eigenvalue weighted by molar-refractivity contribution is 0.0594. The van der Waals surface area contributed by atoms with Gasteiger partial charge in [-0.1, -0.05) is 19.0 Å². The predicted molar refractivity (Wildman–Crippen MR) is 78.6 cm³/mol. The van der Waals surface area contributed by atoms with E-state index in [1.54, 1.807) is 0 Å². The predicted octanol–water partition coefficient (Wildman–Crippen LogP) is 2.30. The number of carbonyl (C=O) groups is 1. The highest BCUT2D eigenvalue weighted by Gasteiger charge is 2.32. The molecule has 1 saturated heterocycles. The molecule has 2 aromatic rings. The summed E-state index contributed by atoms with van der Waals surface area (Å²) in [6, 6.07) is 0.0588. The molecule has 2 aromatic heterocycles. The van der Waals surface area contributed by atoms with Gasteiger partial charge in [-0.3, -0.25) is 4.90 Å². The van der Waals surface area contributed by atoms with Crippen molar-refractivity contribution in [1.82, 2.24) is 20.0 Å². The van der Waals surface area contributed by atoms with E-state index in [1.807, 2.05) is 13.8 Å². The van der Waals surface area contributed by atoms with Crippen molar-refractivity contribution in [3.8, 4) is 0 Å². The zero-order chi connectivity index (χ0) is 16.4. The molecular weight excluding hydrogens is 300 g/mol. The molecule has 3 heterocycles. The second-order valence-corrected chi connectivity index (χ2v) is 5.89. The van der Waals surface area contributed by atoms with Gasteiger partial charge in [0, 0.05) is 5.92 Å². The highest BCUT2D eigenvalue weighted by molar-refractivity contribution is 5.86. The Balaban J connectivity index is 1.71. The second-order valence-electron chi connectivity index (χ2n) is 5.89. The van der Waals surface area contributed by atoms with Gasteiger partial charge >= 0.3 is 5.97 Å². The Morgan fingerprint density at radius 2 is 2.30 bits per heavy atom. The van der Waals surface area contributed by atoms with Gasteiger partial charge in [0.2, 0.25) is 11.8 Å². The van der Waals surface area contributed by atoms with Crippen LogP contribution in [0, 0.1) is 0 Å². The number of hydrogen-bond acceptors (Lipinski definition) is 8. The molecule has 0 amide bonds. The number of nitrogens with zero attached hydrogens (tertiary/aromatic N) is 4. The summed E-state index contributed by atoms with van der Waals surface area (Å²) in [5.41, 5.74) is 0.179. The Kier molecular flexibility index (Phi) is 4.42. The number of oxazole rings is 1. The number of aromatic nitrogens is 3. The molecule has 8 heteroatoms. The third kappa shape index (κ3) is 3.26. The van der Waals surface area contributed by atoms with Gasteiger partial charge in [0.05, 0.1) is 19.7 Å². The summed E-state index contributed by atoms with van der Waals surface area (Å²) in [4.78, 5) is 22.2. The van der Waals surface area contributed by atoms with Crippen molar-refractivity contribution in [2.24, 2.45) is 0 Å². The first-order valence-corrected chi connectivity index (χ1v) is 7.68. The highest BCUT2D eigenvalue weighted by atomic mass is 16.5. The topological polar surface area (TPSA) is 94.5 Å². The maximum atomic E-state index is 11.4. The molecule has 8 nitrogen and oxygen atoms in total. The van der Waals surface area contributed by atoms with Crippen LogP contribution < -0.4 is 0 Å². The largest absolute Gasteiger partial charge is 0.464 e. The summed E-state index contributed by atoms with van der Waals surface area (Å²) >= 11 is 0. The van der Waals surface area contributed by atoms with Crippen molar-refractivity contribution >= 4 is 5.97 Å². The maximum Gasteiger partial charge on any atom is 0.360 e. The van der Waals surface area contributed by atoms with Crippen LogP contribution in [0.4, 0.5) is 0 Å². The molecule has 3 rings (SSSR count). The van der Waals surface area contributed by atoms with Crippen molar-refractivity contribution < 1.29 is 18.5 Å². The first-order valence-electron chi connectivity index (χ1n) is 7.68. The minimum atomic E-state index is -0.503. The van der Waals surface area contributed by atoms with Crippen molar-refractivity contribution in [3.63, 3.8) is 0 Å². The average molecular weight is 320 g/mol. The van der Waals surface area contributed by atoms with E-state index in [1.165, 1.54) is 13.4 Å². The van der Waals surface area contributed by atoms with Crippen LogP contribution in [0.5, 0.6) is 0 Å². The Hall–Kier alpha value is -2.22. The highest BCUT2D eigenvalue weighted by Crippen LogP contribution is 2.32. The van der Waals surface area contributed by atoms with E-state index < -0.39 is 5.97 Å². The minimum absolute atomic E-state index is 0.0588. The van der Waals surface area contributed by atoms with E-state index in [0.717, 1.165) is 25.2 Å². The molecular formula is C15H20N4O4. The fraction of sp³-hybridized carbons (Fsp3) is 0.600. The smallest absolute Gasteiger partial charge is 0.360 e. The number of rotatable bonds is 5. The molecule has 23 heavy (non-hydrogen) atoms. The molecule has 0 radical (unpaired) electrons. The second kappa shape index (κ2) is 6.49. The van der Waals surface area contributed by atoms with Gasteiger partial charge in [-0.05, 0) is 19.4 Å². The standard InChI is InChI=1S/C15H20N4O4/c1-9(2)13-17-14(23-18-13)11-5-4-6-19(11)7-12-16-10(8-22-12)15(20)21-3/h8-9,11H,4-7H2,1-3H3/t11-/m0/s1. The van der Waals surface area contributed by atoms with Crippen LogP contribution in [0.3, 0.4) is 0 Å². The van der Waals surface area contributed by atoms with Crippen LogP contribution in [-0.2, 0) is 11.3 Å². The molecule has 0 N–H and O–H groups in total. The average Bonchev–Trinajstić information content (AvgIpc) is 3.26. The molecule has 124 valence electrons. The molecule has 1 aliphatic heterocycles. The van der Waals surface area contributed by atoms with Gasteiger partial charge in [-0.15, -0.1) is 0 Å². The van der Waals surface area contributed by atoms with Gasteiger partial charge in [0.1, 0.15) is 6.26 Å². The van der Waals surface area contributed by atoms with Crippen LogP contribution in [0.25, 0.3) is 0 Å². The first kappa shape index (κ1) is 15.7. The van der Waals surface area contributed by atoms with Crippen molar-refractivity contribution in [3.05, 3.63) is 29.6 Å². The molecule has 0 spiro atoms. The fourth-order valence-corrected chi connectivity index (χ4v) is 2.67. The van der Waals surface area contributed by atoms with Gasteiger partial charge in [-0.2, -0.15) is 4.98 Å². The number of likely N-dealkylation sites (tertiary alicyclic amines) is 1. The molecule has 0 bridgehead atoms. The summed E-state index contributed by atoms with van der Waals surface area (Å²) in [6.45, 7) is 5.44. The summed E-state index contributed by atoms with van der Waals surface area (Å²) in [5, 5.41) is 4.03. The van der Waals surface area contributed by atoms with Crippen LogP contribution in [0.2, 0.25) is 0 Å². The molecule has 1 fully saturated rings. The Labute approximate surface area is 133 Å². The van der Waals surface area contributed by atoms with Crippen LogP contribution in [0.15, 0.2) is 15.2 Å². The number of esters is 1. The first-order chi connectivity index (χ1) is 11.1. The Morgan fingerprint density at radius 1 is 1.48 bits per heavy atom. The van der Waals surface area contributed by atoms with Gasteiger partial charge in [0.25, 0.3) is 0 Å². The lowest BCUT2D eigenvalue weighted by Crippen LogP contribution is -2.23. The van der Waals surface area contributed by atoms with Crippen molar-refractivity contribution in [2.75, 3.05) is 13.7 Å². The fourth-order valence-electron chi connectivity index (χ4n) is 2.67. The lowest BCUT2D eigenvalue weighted by Gasteiger charge is -2.19. The maximum absolute atomic E-state index is 11.4. The van der Waals surface area contributed by atoms with Crippen molar-refractivity contribution in [2.45, 2.75) is 45.2 Å². The summed E-state index contributed by atoms with van der Waals surface area (Å²) in [5.74, 6) is 1.55. The molecule has 0 aromatic carbocycles. The Bertz CT molecular complexity index is 679. The Morgan fingerprint density at radius 3 is 3.00 bits per heavy atom. The summed E-state index contributed by atoms with van der Waals surface area (Å²) in [7, 11) is 1.31. The van der Waals surface area contributed by atoms with Gasteiger partial charge < -0.3 is 13.7 Å². The number of carbonyl (C=O) groups excluding carboxylic acids is 1. The molecule has 0 saturated carbocycles. The van der Waals surface area contributed by atoms with Crippen molar-refractivity contribution in [1.29, 1.82) is 0 Å². The van der Waals surface area contributed by atoms with E-state index in [0.29, 0.717) is 18.3 Å². The van der Waals surface area contributed by atoms with Crippen LogP contribution in [0.1, 0.15) is 66.7 Å². The lowest BCUT2D eigenvalue weighted by atomic mass is 10.2. The number of methoxy groups -OCH3 is 1. The zero-order valence-electron chi connectivity index (χ0n) is 13.5. The monoisotopic (exact) mass is 320 g/mol. The van der Waals surface area contributed by atoms with Gasteiger partial charge in [-0.25, -0.2) is 9.78 Å². The molecule has 1 aliphatic rings. The summed E-state index contributed by atoms with van der Waals surface area (Å²) < 4.78 is 15.4. The number of hydrogen-bond donors (Lipinski definition) is 0. The van der Waals surface area contributed by atoms with E-state index in [-0.39, 0.29) is 17.7 Å².